The fourth-order valence-corrected chi connectivity index (χ4v) is 5.45. The molecule has 0 aliphatic heterocycles. The number of nitrogens with zero attached hydrogens (tertiary/aromatic N) is 2. The standard InChI is InChI=1S/C25H27ClFN3O3S2/c1-29(2)35(32,33)30(24-10-6-5-9-23(24)27)17-19-11-13-20(14-12-19)25(31)28-15-16-34-18-21-7-3-4-8-22(21)26/h3-14H,15-18H2,1-2H3,(H,28,31). The highest BCUT2D eigenvalue weighted by molar-refractivity contribution is 7.98. The fourth-order valence-electron chi connectivity index (χ4n) is 3.21. The molecule has 0 aliphatic carbocycles. The van der Waals surface area contributed by atoms with Gasteiger partial charge in [0.2, 0.25) is 0 Å². The highest BCUT2D eigenvalue weighted by Crippen LogP contribution is 2.25. The van der Waals surface area contributed by atoms with Crippen molar-refractivity contribution in [2.45, 2.75) is 12.3 Å². The second-order valence-corrected chi connectivity index (χ2v) is 11.4. The summed E-state index contributed by atoms with van der Waals surface area (Å²) in [4.78, 5) is 12.5. The van der Waals surface area contributed by atoms with Crippen LogP contribution in [-0.2, 0) is 22.5 Å². The van der Waals surface area contributed by atoms with Crippen molar-refractivity contribution in [2.24, 2.45) is 0 Å². The van der Waals surface area contributed by atoms with Gasteiger partial charge in [0.05, 0.1) is 12.2 Å². The van der Waals surface area contributed by atoms with Gasteiger partial charge in [0.15, 0.2) is 0 Å². The van der Waals surface area contributed by atoms with Gasteiger partial charge in [-0.05, 0) is 41.5 Å². The first-order chi connectivity index (χ1) is 16.7. The fraction of sp³-hybridized carbons (Fsp3) is 0.240. The Morgan fingerprint density at radius 3 is 2.31 bits per heavy atom. The zero-order chi connectivity index (χ0) is 25.4. The van der Waals surface area contributed by atoms with Gasteiger partial charge in [-0.3, -0.25) is 9.10 Å². The molecular weight excluding hydrogens is 509 g/mol. The number of amides is 1. The molecule has 3 aromatic carbocycles. The lowest BCUT2D eigenvalue weighted by atomic mass is 10.1. The first-order valence-electron chi connectivity index (χ1n) is 10.8. The van der Waals surface area contributed by atoms with Crippen molar-refractivity contribution in [3.63, 3.8) is 0 Å². The minimum Gasteiger partial charge on any atom is -0.351 e. The topological polar surface area (TPSA) is 69.7 Å². The second-order valence-electron chi connectivity index (χ2n) is 7.85. The van der Waals surface area contributed by atoms with E-state index in [9.17, 15) is 17.6 Å². The van der Waals surface area contributed by atoms with E-state index in [1.807, 2.05) is 24.3 Å². The minimum atomic E-state index is -3.94. The highest BCUT2D eigenvalue weighted by atomic mass is 35.5. The van der Waals surface area contributed by atoms with Crippen molar-refractivity contribution >= 4 is 45.2 Å². The zero-order valence-corrected chi connectivity index (χ0v) is 21.8. The number of halogens is 2. The lowest BCUT2D eigenvalue weighted by molar-refractivity contribution is 0.0956. The van der Waals surface area contributed by atoms with Crippen LogP contribution < -0.4 is 9.62 Å². The second kappa shape index (κ2) is 12.4. The predicted molar refractivity (Wildman–Crippen MR) is 142 cm³/mol. The summed E-state index contributed by atoms with van der Waals surface area (Å²) in [6, 6.07) is 20.0. The van der Waals surface area contributed by atoms with Crippen LogP contribution in [0.1, 0.15) is 21.5 Å². The Morgan fingerprint density at radius 1 is 1.00 bits per heavy atom. The van der Waals surface area contributed by atoms with E-state index in [1.165, 1.54) is 32.3 Å². The van der Waals surface area contributed by atoms with E-state index in [1.54, 1.807) is 42.1 Å². The number of hydrogen-bond acceptors (Lipinski definition) is 4. The summed E-state index contributed by atoms with van der Waals surface area (Å²) < 4.78 is 42.2. The van der Waals surface area contributed by atoms with Gasteiger partial charge in [-0.1, -0.05) is 54.1 Å². The van der Waals surface area contributed by atoms with Crippen LogP contribution in [0.25, 0.3) is 0 Å². The number of hydrogen-bond donors (Lipinski definition) is 1. The molecule has 0 saturated heterocycles. The average molecular weight is 536 g/mol. The molecule has 0 fully saturated rings. The molecule has 3 aromatic rings. The van der Waals surface area contributed by atoms with Gasteiger partial charge >= 0.3 is 10.2 Å². The van der Waals surface area contributed by atoms with Crippen molar-refractivity contribution in [1.29, 1.82) is 0 Å². The van der Waals surface area contributed by atoms with E-state index in [0.717, 1.165) is 30.7 Å². The average Bonchev–Trinajstić information content (AvgIpc) is 2.84. The molecule has 35 heavy (non-hydrogen) atoms. The summed E-state index contributed by atoms with van der Waals surface area (Å²) in [5.74, 6) is 0.635. The van der Waals surface area contributed by atoms with Gasteiger partial charge in [0.1, 0.15) is 5.82 Å². The summed E-state index contributed by atoms with van der Waals surface area (Å²) in [6.45, 7) is 0.417. The molecule has 1 amide bonds. The summed E-state index contributed by atoms with van der Waals surface area (Å²) in [7, 11) is -1.16. The summed E-state index contributed by atoms with van der Waals surface area (Å²) in [5.41, 5.74) is 2.09. The van der Waals surface area contributed by atoms with Crippen LogP contribution in [0, 0.1) is 5.82 Å². The number of carbonyl (C=O) groups is 1. The molecule has 0 bridgehead atoms. The molecule has 0 unspecified atom stereocenters. The SMILES string of the molecule is CN(C)S(=O)(=O)N(Cc1ccc(C(=O)NCCSCc2ccccc2Cl)cc1)c1ccccc1F. The minimum absolute atomic E-state index is 0.0442. The van der Waals surface area contributed by atoms with Crippen LogP contribution in [0.5, 0.6) is 0 Å². The van der Waals surface area contributed by atoms with Crippen LogP contribution in [-0.4, -0.2) is 45.0 Å². The van der Waals surface area contributed by atoms with E-state index in [2.05, 4.69) is 5.32 Å². The van der Waals surface area contributed by atoms with E-state index in [-0.39, 0.29) is 18.1 Å². The van der Waals surface area contributed by atoms with E-state index in [4.69, 9.17) is 11.6 Å². The molecule has 1 N–H and O–H groups in total. The molecule has 10 heteroatoms. The normalized spacial score (nSPS) is 11.5. The van der Waals surface area contributed by atoms with Crippen LogP contribution in [0.3, 0.4) is 0 Å². The van der Waals surface area contributed by atoms with Gasteiger partial charge in [-0.25, -0.2) is 4.39 Å². The smallest absolute Gasteiger partial charge is 0.303 e. The Kier molecular flexibility index (Phi) is 9.56. The Balaban J connectivity index is 1.59. The lowest BCUT2D eigenvalue weighted by Gasteiger charge is -2.27. The van der Waals surface area contributed by atoms with E-state index < -0.39 is 16.0 Å². The third-order valence-electron chi connectivity index (χ3n) is 5.15. The highest BCUT2D eigenvalue weighted by Gasteiger charge is 2.27. The molecule has 0 radical (unpaired) electrons. The number of benzene rings is 3. The lowest BCUT2D eigenvalue weighted by Crippen LogP contribution is -2.40. The third-order valence-corrected chi connectivity index (χ3v) is 8.33. The van der Waals surface area contributed by atoms with Gasteiger partial charge < -0.3 is 5.32 Å². The summed E-state index contributed by atoms with van der Waals surface area (Å²) >= 11 is 7.83. The Morgan fingerprint density at radius 2 is 1.66 bits per heavy atom. The van der Waals surface area contributed by atoms with Crippen LogP contribution in [0.4, 0.5) is 10.1 Å². The maximum Gasteiger partial charge on any atom is 0.303 e. The number of carbonyl (C=O) groups excluding carboxylic acids is 1. The molecule has 0 atom stereocenters. The number of rotatable bonds is 11. The number of thioether (sulfide) groups is 1. The van der Waals surface area contributed by atoms with Crippen molar-refractivity contribution in [3.05, 3.63) is 100 Å². The van der Waals surface area contributed by atoms with Crippen molar-refractivity contribution in [3.8, 4) is 0 Å². The Bertz CT molecular complexity index is 1250. The van der Waals surface area contributed by atoms with Crippen LogP contribution in [0.15, 0.2) is 72.8 Å². The molecule has 186 valence electrons. The van der Waals surface area contributed by atoms with Crippen molar-refractivity contribution < 1.29 is 17.6 Å². The van der Waals surface area contributed by atoms with Gasteiger partial charge in [0.25, 0.3) is 5.91 Å². The third kappa shape index (κ3) is 7.20. The molecule has 3 rings (SSSR count). The largest absolute Gasteiger partial charge is 0.351 e. The number of nitrogens with one attached hydrogen (secondary N) is 1. The molecule has 6 nitrogen and oxygen atoms in total. The molecule has 0 aromatic heterocycles. The summed E-state index contributed by atoms with van der Waals surface area (Å²) in [6.07, 6.45) is 0. The van der Waals surface area contributed by atoms with E-state index >= 15 is 0 Å². The zero-order valence-electron chi connectivity index (χ0n) is 19.4. The van der Waals surface area contributed by atoms with E-state index in [0.29, 0.717) is 17.7 Å². The first kappa shape index (κ1) is 27.0. The van der Waals surface area contributed by atoms with Crippen molar-refractivity contribution in [1.82, 2.24) is 9.62 Å². The van der Waals surface area contributed by atoms with Gasteiger partial charge in [-0.2, -0.15) is 24.5 Å². The van der Waals surface area contributed by atoms with Gasteiger partial charge in [-0.15, -0.1) is 0 Å². The van der Waals surface area contributed by atoms with Crippen molar-refractivity contribution in [2.75, 3.05) is 30.7 Å². The molecule has 0 saturated carbocycles. The quantitative estimate of drug-likeness (QED) is 0.352. The Labute approximate surface area is 215 Å². The monoisotopic (exact) mass is 535 g/mol. The van der Waals surface area contributed by atoms with Gasteiger partial charge in [0, 0.05) is 42.7 Å². The van der Waals surface area contributed by atoms with Crippen LogP contribution in [0.2, 0.25) is 5.02 Å². The molecule has 0 heterocycles. The maximum atomic E-state index is 14.4. The van der Waals surface area contributed by atoms with Crippen LogP contribution >= 0.6 is 23.4 Å². The predicted octanol–water partition coefficient (Wildman–Crippen LogP) is 4.96. The molecule has 0 aliphatic rings. The summed E-state index contributed by atoms with van der Waals surface area (Å²) in [5, 5.41) is 3.61. The maximum absolute atomic E-state index is 14.4. The number of para-hydroxylation sites is 1. The number of anilines is 1. The molecule has 0 spiro atoms. The first-order valence-corrected chi connectivity index (χ1v) is 13.8. The molecular formula is C25H27ClFN3O3S2. The Hall–Kier alpha value is -2.59.